The van der Waals surface area contributed by atoms with E-state index in [0.717, 1.165) is 12.8 Å². The lowest BCUT2D eigenvalue weighted by Gasteiger charge is -2.07. The largest absolute Gasteiger partial charge is 0.356 e. The molecule has 0 heterocycles. The predicted molar refractivity (Wildman–Crippen MR) is 77.0 cm³/mol. The zero-order valence-electron chi connectivity index (χ0n) is 11.2. The fourth-order valence-corrected chi connectivity index (χ4v) is 2.01. The van der Waals surface area contributed by atoms with Crippen LogP contribution in [0.1, 0.15) is 31.4 Å². The number of hydrogen-bond acceptors (Lipinski definition) is 1. The first-order valence-electron chi connectivity index (χ1n) is 6.52. The molecule has 0 aliphatic carbocycles. The molecule has 18 heavy (non-hydrogen) atoms. The predicted octanol–water partition coefficient (Wildman–Crippen LogP) is 3.17. The van der Waals surface area contributed by atoms with Crippen LogP contribution in [-0.4, -0.2) is 18.3 Å². The normalized spacial score (nSPS) is 10.7. The van der Waals surface area contributed by atoms with Gasteiger partial charge in [0.25, 0.3) is 0 Å². The van der Waals surface area contributed by atoms with Crippen LogP contribution in [0.25, 0.3) is 0 Å². The maximum absolute atomic E-state index is 11.2. The lowest BCUT2D eigenvalue weighted by Crippen LogP contribution is -2.25. The van der Waals surface area contributed by atoms with Crippen LogP contribution < -0.4 is 5.32 Å². The Hall–Kier alpha value is -1.02. The molecule has 1 rings (SSSR count). The molecule has 0 spiro atoms. The van der Waals surface area contributed by atoms with E-state index in [4.69, 9.17) is 11.6 Å². The van der Waals surface area contributed by atoms with Gasteiger partial charge in [-0.15, -0.1) is 11.6 Å². The summed E-state index contributed by atoms with van der Waals surface area (Å²) in [6.45, 7) is 5.12. The summed E-state index contributed by atoms with van der Waals surface area (Å²) in [5.41, 5.74) is 2.63. The molecule has 0 aromatic heterocycles. The summed E-state index contributed by atoms with van der Waals surface area (Å²) in [6, 6.07) is 8.64. The van der Waals surface area contributed by atoms with Gasteiger partial charge in [-0.05, 0) is 29.9 Å². The van der Waals surface area contributed by atoms with Crippen molar-refractivity contribution in [2.45, 2.75) is 33.1 Å². The topological polar surface area (TPSA) is 29.1 Å². The summed E-state index contributed by atoms with van der Waals surface area (Å²) in [7, 11) is 0. The molecule has 1 amide bonds. The van der Waals surface area contributed by atoms with Gasteiger partial charge in [-0.3, -0.25) is 4.79 Å². The minimum atomic E-state index is 0.0291. The fraction of sp³-hybridized carbons (Fsp3) is 0.533. The van der Waals surface area contributed by atoms with Crippen LogP contribution in [0.3, 0.4) is 0 Å². The highest BCUT2D eigenvalue weighted by atomic mass is 35.5. The van der Waals surface area contributed by atoms with Gasteiger partial charge in [0.1, 0.15) is 0 Å². The third kappa shape index (κ3) is 6.06. The second-order valence-corrected chi connectivity index (χ2v) is 5.33. The summed E-state index contributed by atoms with van der Waals surface area (Å²) in [5.74, 6) is 1.10. The number of halogens is 1. The number of carbonyl (C=O) groups is 1. The average molecular weight is 268 g/mol. The van der Waals surface area contributed by atoms with Crippen molar-refractivity contribution in [2.24, 2.45) is 5.92 Å². The fourth-order valence-electron chi connectivity index (χ4n) is 1.83. The zero-order chi connectivity index (χ0) is 13.4. The van der Waals surface area contributed by atoms with Gasteiger partial charge in [-0.2, -0.15) is 0 Å². The van der Waals surface area contributed by atoms with Gasteiger partial charge in [-0.1, -0.05) is 38.1 Å². The van der Waals surface area contributed by atoms with Gasteiger partial charge in [0.05, 0.1) is 0 Å². The Morgan fingerprint density at radius 2 is 1.83 bits per heavy atom. The molecule has 3 heteroatoms. The average Bonchev–Trinajstić information content (AvgIpc) is 2.31. The standard InChI is InChI=1S/C15H22ClNO/c1-12(2)11-14-5-3-13(4-6-14)8-10-17-15(18)7-9-16/h3-6,12H,7-11H2,1-2H3,(H,17,18). The monoisotopic (exact) mass is 267 g/mol. The van der Waals surface area contributed by atoms with Crippen LogP contribution in [0.5, 0.6) is 0 Å². The first kappa shape index (κ1) is 15.0. The maximum Gasteiger partial charge on any atom is 0.221 e. The Labute approximate surface area is 115 Å². The SMILES string of the molecule is CC(C)Cc1ccc(CCNC(=O)CCCl)cc1. The van der Waals surface area contributed by atoms with Crippen molar-refractivity contribution in [3.8, 4) is 0 Å². The molecular formula is C15H22ClNO. The second-order valence-electron chi connectivity index (χ2n) is 4.95. The minimum Gasteiger partial charge on any atom is -0.356 e. The van der Waals surface area contributed by atoms with E-state index in [9.17, 15) is 4.79 Å². The first-order chi connectivity index (χ1) is 8.61. The molecule has 100 valence electrons. The van der Waals surface area contributed by atoms with Crippen LogP contribution >= 0.6 is 11.6 Å². The number of carbonyl (C=O) groups excluding carboxylic acids is 1. The highest BCUT2D eigenvalue weighted by Crippen LogP contribution is 2.10. The molecule has 0 saturated carbocycles. The second kappa shape index (κ2) is 8.15. The van der Waals surface area contributed by atoms with E-state index in [1.165, 1.54) is 11.1 Å². The molecule has 0 aliphatic rings. The maximum atomic E-state index is 11.2. The van der Waals surface area contributed by atoms with E-state index >= 15 is 0 Å². The van der Waals surface area contributed by atoms with Gasteiger partial charge in [0.15, 0.2) is 0 Å². The van der Waals surface area contributed by atoms with E-state index in [1.54, 1.807) is 0 Å². The smallest absolute Gasteiger partial charge is 0.221 e. The van der Waals surface area contributed by atoms with Crippen LogP contribution in [0.15, 0.2) is 24.3 Å². The van der Waals surface area contributed by atoms with E-state index in [0.29, 0.717) is 24.8 Å². The summed E-state index contributed by atoms with van der Waals surface area (Å²) >= 11 is 5.49. The Bertz CT molecular complexity index is 359. The quantitative estimate of drug-likeness (QED) is 0.756. The molecule has 0 saturated heterocycles. The molecule has 0 bridgehead atoms. The van der Waals surface area contributed by atoms with Crippen LogP contribution in [0.4, 0.5) is 0 Å². The van der Waals surface area contributed by atoms with Crippen LogP contribution in [0.2, 0.25) is 0 Å². The van der Waals surface area contributed by atoms with E-state index in [-0.39, 0.29) is 5.91 Å². The van der Waals surface area contributed by atoms with Gasteiger partial charge in [0, 0.05) is 18.8 Å². The molecule has 1 aromatic rings. The highest BCUT2D eigenvalue weighted by Gasteiger charge is 2.00. The van der Waals surface area contributed by atoms with Crippen LogP contribution in [-0.2, 0) is 17.6 Å². The summed E-state index contributed by atoms with van der Waals surface area (Å²) in [6.07, 6.45) is 2.39. The van der Waals surface area contributed by atoms with Gasteiger partial charge < -0.3 is 5.32 Å². The molecule has 0 radical (unpaired) electrons. The van der Waals surface area contributed by atoms with Gasteiger partial charge in [0.2, 0.25) is 5.91 Å². The molecule has 1 aromatic carbocycles. The molecule has 0 aliphatic heterocycles. The van der Waals surface area contributed by atoms with Crippen molar-refractivity contribution in [1.82, 2.24) is 5.32 Å². The van der Waals surface area contributed by atoms with Crippen molar-refractivity contribution in [3.05, 3.63) is 35.4 Å². The third-order valence-corrected chi connectivity index (χ3v) is 2.91. The molecule has 1 N–H and O–H groups in total. The van der Waals surface area contributed by atoms with Gasteiger partial charge >= 0.3 is 0 Å². The molecule has 2 nitrogen and oxygen atoms in total. The lowest BCUT2D eigenvalue weighted by atomic mass is 10.0. The number of rotatable bonds is 7. The van der Waals surface area contributed by atoms with E-state index in [1.807, 2.05) is 0 Å². The Morgan fingerprint density at radius 3 is 2.39 bits per heavy atom. The molecule has 0 fully saturated rings. The van der Waals surface area contributed by atoms with E-state index < -0.39 is 0 Å². The van der Waals surface area contributed by atoms with Crippen molar-refractivity contribution in [1.29, 1.82) is 0 Å². The minimum absolute atomic E-state index is 0.0291. The number of alkyl halides is 1. The molecule has 0 atom stereocenters. The Balaban J connectivity index is 2.33. The molecule has 0 unspecified atom stereocenters. The first-order valence-corrected chi connectivity index (χ1v) is 7.05. The van der Waals surface area contributed by atoms with Crippen molar-refractivity contribution < 1.29 is 4.79 Å². The highest BCUT2D eigenvalue weighted by molar-refractivity contribution is 6.18. The summed E-state index contributed by atoms with van der Waals surface area (Å²) < 4.78 is 0. The number of amides is 1. The third-order valence-electron chi connectivity index (χ3n) is 2.72. The number of benzene rings is 1. The summed E-state index contributed by atoms with van der Waals surface area (Å²) in [5, 5.41) is 2.86. The van der Waals surface area contributed by atoms with Crippen molar-refractivity contribution in [3.63, 3.8) is 0 Å². The Kier molecular flexibility index (Phi) is 6.81. The Morgan fingerprint density at radius 1 is 1.22 bits per heavy atom. The zero-order valence-corrected chi connectivity index (χ0v) is 12.0. The summed E-state index contributed by atoms with van der Waals surface area (Å²) in [4.78, 5) is 11.2. The van der Waals surface area contributed by atoms with Crippen molar-refractivity contribution in [2.75, 3.05) is 12.4 Å². The van der Waals surface area contributed by atoms with Gasteiger partial charge in [-0.25, -0.2) is 0 Å². The van der Waals surface area contributed by atoms with Crippen molar-refractivity contribution >= 4 is 17.5 Å². The molecular weight excluding hydrogens is 246 g/mol. The lowest BCUT2D eigenvalue weighted by molar-refractivity contribution is -0.120. The number of hydrogen-bond donors (Lipinski definition) is 1. The van der Waals surface area contributed by atoms with Crippen LogP contribution in [0, 0.1) is 5.92 Å². The van der Waals surface area contributed by atoms with E-state index in [2.05, 4.69) is 43.4 Å². The number of nitrogens with one attached hydrogen (secondary N) is 1.